The molecule has 0 aromatic heterocycles. The molecule has 1 aliphatic rings. The average Bonchev–Trinajstić information content (AvgIpc) is 2.91. The number of likely N-dealkylation sites (N-methyl/N-ethyl adjacent to an activating group) is 1. The molecule has 2 rings (SSSR count). The Kier molecular flexibility index (Phi) is 6.98. The van der Waals surface area contributed by atoms with Crippen LogP contribution in [0.1, 0.15) is 25.7 Å². The van der Waals surface area contributed by atoms with Crippen LogP contribution >= 0.6 is 24.0 Å². The van der Waals surface area contributed by atoms with E-state index in [0.29, 0.717) is 6.54 Å². The van der Waals surface area contributed by atoms with Crippen molar-refractivity contribution in [1.29, 1.82) is 0 Å². The van der Waals surface area contributed by atoms with Crippen molar-refractivity contribution in [3.8, 4) is 0 Å². The molecule has 1 aromatic carbocycles. The molecule has 22 heavy (non-hydrogen) atoms. The van der Waals surface area contributed by atoms with E-state index in [1.54, 1.807) is 0 Å². The Morgan fingerprint density at radius 2 is 1.95 bits per heavy atom. The number of halogens is 3. The fourth-order valence-electron chi connectivity index (χ4n) is 2.78. The van der Waals surface area contributed by atoms with Gasteiger partial charge in [0.2, 0.25) is 0 Å². The number of nitrogens with one attached hydrogen (secondary N) is 1. The molecule has 0 atom stereocenters. The van der Waals surface area contributed by atoms with Gasteiger partial charge in [-0.25, -0.2) is 8.78 Å². The lowest BCUT2D eigenvalue weighted by atomic mass is 9.96. The Labute approximate surface area is 147 Å². The monoisotopic (exact) mass is 424 g/mol. The number of guanidine groups is 1. The van der Waals surface area contributed by atoms with Gasteiger partial charge in [-0.1, -0.05) is 12.8 Å². The summed E-state index contributed by atoms with van der Waals surface area (Å²) < 4.78 is 26.6. The number of nitrogens with two attached hydrogens (primary N) is 1. The first-order valence-electron chi connectivity index (χ1n) is 7.12. The molecule has 4 nitrogen and oxygen atoms in total. The van der Waals surface area contributed by atoms with Gasteiger partial charge in [0.1, 0.15) is 11.6 Å². The van der Waals surface area contributed by atoms with Crippen molar-refractivity contribution in [3.63, 3.8) is 0 Å². The van der Waals surface area contributed by atoms with Crippen molar-refractivity contribution < 1.29 is 8.78 Å². The van der Waals surface area contributed by atoms with E-state index in [1.807, 2.05) is 14.1 Å². The average molecular weight is 424 g/mol. The van der Waals surface area contributed by atoms with Gasteiger partial charge < -0.3 is 16.0 Å². The summed E-state index contributed by atoms with van der Waals surface area (Å²) in [4.78, 5) is 6.50. The van der Waals surface area contributed by atoms with Crippen molar-refractivity contribution in [2.24, 2.45) is 10.7 Å². The van der Waals surface area contributed by atoms with Gasteiger partial charge in [-0.2, -0.15) is 0 Å². The summed E-state index contributed by atoms with van der Waals surface area (Å²) in [5.41, 5.74) is 5.82. The highest BCUT2D eigenvalue weighted by Crippen LogP contribution is 2.33. The zero-order valence-corrected chi connectivity index (χ0v) is 15.2. The Morgan fingerprint density at radius 1 is 1.32 bits per heavy atom. The third-order valence-electron chi connectivity index (χ3n) is 4.22. The van der Waals surface area contributed by atoms with E-state index in [-0.39, 0.29) is 41.2 Å². The van der Waals surface area contributed by atoms with Crippen LogP contribution < -0.4 is 11.1 Å². The second kappa shape index (κ2) is 8.05. The molecule has 1 fully saturated rings. The SMILES string of the molecule is CN(C)C1(CN=C(N)Nc2cc(F)ccc2F)CCCC1.I. The van der Waals surface area contributed by atoms with Gasteiger partial charge in [-0.3, -0.25) is 4.99 Å². The number of hydrogen-bond acceptors (Lipinski definition) is 2. The summed E-state index contributed by atoms with van der Waals surface area (Å²) in [6.07, 6.45) is 4.51. The number of anilines is 1. The lowest BCUT2D eigenvalue weighted by Gasteiger charge is -2.34. The minimum Gasteiger partial charge on any atom is -0.370 e. The molecule has 0 heterocycles. The molecule has 0 radical (unpaired) electrons. The molecule has 0 unspecified atom stereocenters. The minimum absolute atomic E-state index is 0. The number of aliphatic imine (C=N–C) groups is 1. The molecular weight excluding hydrogens is 401 g/mol. The van der Waals surface area contributed by atoms with Crippen LogP contribution in [-0.2, 0) is 0 Å². The predicted octanol–water partition coefficient (Wildman–Crippen LogP) is 3.18. The molecule has 1 aromatic rings. The second-order valence-corrected chi connectivity index (χ2v) is 5.78. The Bertz CT molecular complexity index is 528. The van der Waals surface area contributed by atoms with E-state index < -0.39 is 11.6 Å². The van der Waals surface area contributed by atoms with Crippen molar-refractivity contribution in [1.82, 2.24) is 4.90 Å². The molecule has 1 aliphatic carbocycles. The maximum absolute atomic E-state index is 13.5. The highest BCUT2D eigenvalue weighted by atomic mass is 127. The topological polar surface area (TPSA) is 53.6 Å². The first-order valence-corrected chi connectivity index (χ1v) is 7.12. The maximum atomic E-state index is 13.5. The number of rotatable bonds is 4. The quantitative estimate of drug-likeness (QED) is 0.444. The van der Waals surface area contributed by atoms with E-state index in [2.05, 4.69) is 15.2 Å². The van der Waals surface area contributed by atoms with E-state index >= 15 is 0 Å². The van der Waals surface area contributed by atoms with E-state index in [1.165, 1.54) is 12.8 Å². The molecule has 124 valence electrons. The van der Waals surface area contributed by atoms with Gasteiger partial charge in [0, 0.05) is 11.6 Å². The van der Waals surface area contributed by atoms with Gasteiger partial charge in [0.25, 0.3) is 0 Å². The fraction of sp³-hybridized carbons (Fsp3) is 0.533. The normalized spacial score (nSPS) is 17.4. The second-order valence-electron chi connectivity index (χ2n) is 5.78. The molecular formula is C15H23F2IN4. The summed E-state index contributed by atoms with van der Waals surface area (Å²) in [5.74, 6) is -0.974. The largest absolute Gasteiger partial charge is 0.370 e. The van der Waals surface area contributed by atoms with E-state index in [0.717, 1.165) is 31.0 Å². The van der Waals surface area contributed by atoms with Crippen molar-refractivity contribution >= 4 is 35.6 Å². The van der Waals surface area contributed by atoms with Gasteiger partial charge in [-0.15, -0.1) is 24.0 Å². The fourth-order valence-corrected chi connectivity index (χ4v) is 2.78. The zero-order chi connectivity index (χ0) is 15.5. The van der Waals surface area contributed by atoms with Crippen LogP contribution in [-0.4, -0.2) is 37.0 Å². The smallest absolute Gasteiger partial charge is 0.193 e. The molecule has 7 heteroatoms. The van der Waals surface area contributed by atoms with Crippen LogP contribution in [0.3, 0.4) is 0 Å². The lowest BCUT2D eigenvalue weighted by molar-refractivity contribution is 0.167. The zero-order valence-electron chi connectivity index (χ0n) is 12.9. The van der Waals surface area contributed by atoms with Gasteiger partial charge in [-0.05, 0) is 39.1 Å². The Balaban J connectivity index is 0.00000242. The lowest BCUT2D eigenvalue weighted by Crippen LogP contribution is -2.45. The first-order chi connectivity index (χ1) is 9.93. The van der Waals surface area contributed by atoms with Crippen molar-refractivity contribution in [2.45, 2.75) is 31.2 Å². The number of hydrogen-bond donors (Lipinski definition) is 2. The van der Waals surface area contributed by atoms with Crippen LogP contribution in [0.4, 0.5) is 14.5 Å². The van der Waals surface area contributed by atoms with E-state index in [9.17, 15) is 8.78 Å². The van der Waals surface area contributed by atoms with Crippen molar-refractivity contribution in [3.05, 3.63) is 29.8 Å². The summed E-state index contributed by atoms with van der Waals surface area (Å²) >= 11 is 0. The van der Waals surface area contributed by atoms with E-state index in [4.69, 9.17) is 5.73 Å². The van der Waals surface area contributed by atoms with Crippen LogP contribution in [0.25, 0.3) is 0 Å². The Morgan fingerprint density at radius 3 is 2.55 bits per heavy atom. The van der Waals surface area contributed by atoms with Crippen LogP contribution in [0, 0.1) is 11.6 Å². The van der Waals surface area contributed by atoms with Gasteiger partial charge in [0.05, 0.1) is 12.2 Å². The summed E-state index contributed by atoms with van der Waals surface area (Å²) in [7, 11) is 4.08. The molecule has 0 bridgehead atoms. The van der Waals surface area contributed by atoms with Crippen molar-refractivity contribution in [2.75, 3.05) is 26.0 Å². The van der Waals surface area contributed by atoms with Crippen LogP contribution in [0.15, 0.2) is 23.2 Å². The highest BCUT2D eigenvalue weighted by molar-refractivity contribution is 14.0. The molecule has 3 N–H and O–H groups in total. The third-order valence-corrected chi connectivity index (χ3v) is 4.22. The predicted molar refractivity (Wildman–Crippen MR) is 96.8 cm³/mol. The molecule has 1 saturated carbocycles. The number of benzene rings is 1. The third kappa shape index (κ3) is 4.52. The number of nitrogens with zero attached hydrogens (tertiary/aromatic N) is 2. The summed E-state index contributed by atoms with van der Waals surface area (Å²) in [6, 6.07) is 3.19. The first kappa shape index (κ1) is 19.1. The van der Waals surface area contributed by atoms with Crippen LogP contribution in [0.2, 0.25) is 0 Å². The standard InChI is InChI=1S/C15H22F2N4.HI/c1-21(2)15(7-3-4-8-15)10-19-14(18)20-13-9-11(16)5-6-12(13)17;/h5-6,9H,3-4,7-8,10H2,1-2H3,(H3,18,19,20);1H. The summed E-state index contributed by atoms with van der Waals surface area (Å²) in [5, 5.41) is 2.63. The molecule has 0 saturated heterocycles. The van der Waals surface area contributed by atoms with Gasteiger partial charge in [0.15, 0.2) is 5.96 Å². The molecule has 0 aliphatic heterocycles. The van der Waals surface area contributed by atoms with Gasteiger partial charge >= 0.3 is 0 Å². The minimum atomic E-state index is -0.558. The maximum Gasteiger partial charge on any atom is 0.193 e. The van der Waals surface area contributed by atoms with Crippen LogP contribution in [0.5, 0.6) is 0 Å². The summed E-state index contributed by atoms with van der Waals surface area (Å²) in [6.45, 7) is 0.551. The highest BCUT2D eigenvalue weighted by Gasteiger charge is 2.35. The molecule has 0 spiro atoms. The molecule has 0 amide bonds. The Hall–Kier alpha value is -0.960.